The average Bonchev–Trinajstić information content (AvgIpc) is 3.29. The van der Waals surface area contributed by atoms with Crippen LogP contribution in [0.1, 0.15) is 53.0 Å². The molecule has 40 heavy (non-hydrogen) atoms. The molecule has 1 saturated heterocycles. The summed E-state index contributed by atoms with van der Waals surface area (Å²) in [6.45, 7) is 7.52. The van der Waals surface area contributed by atoms with Crippen molar-refractivity contribution in [3.8, 4) is 0 Å². The van der Waals surface area contributed by atoms with E-state index >= 15 is 0 Å². The molecule has 1 aliphatic carbocycles. The topological polar surface area (TPSA) is 94.0 Å². The summed E-state index contributed by atoms with van der Waals surface area (Å²) in [6, 6.07) is 8.61. The second-order valence-electron chi connectivity index (χ2n) is 11.5. The molecule has 1 fully saturated rings. The van der Waals surface area contributed by atoms with Gasteiger partial charge >= 0.3 is 0 Å². The van der Waals surface area contributed by atoms with E-state index in [-0.39, 0.29) is 23.8 Å². The Hall–Kier alpha value is -3.40. The number of rotatable bonds is 3. The molecule has 1 aromatic heterocycles. The molecule has 1 N–H and O–H groups in total. The van der Waals surface area contributed by atoms with Crippen molar-refractivity contribution < 1.29 is 14.4 Å². The number of likely N-dealkylation sites (N-methyl/N-ethyl adjacent to an activating group) is 1. The van der Waals surface area contributed by atoms with E-state index in [1.54, 1.807) is 0 Å². The first kappa shape index (κ1) is 28.1. The van der Waals surface area contributed by atoms with Crippen LogP contribution >= 0.6 is 0 Å². The quantitative estimate of drug-likeness (QED) is 0.626. The number of hydrogen-bond acceptors (Lipinski definition) is 6. The number of hydrogen-bond donors (Lipinski definition) is 1. The minimum Gasteiger partial charge on any atom is -0.369 e. The smallest absolute Gasteiger partial charge is 0.272 e. The molecule has 3 amide bonds. The predicted octanol–water partition coefficient (Wildman–Crippen LogP) is 1.61. The highest BCUT2D eigenvalue weighted by atomic mass is 16.2. The number of carbonyl (C=O) groups is 3. The zero-order valence-corrected chi connectivity index (χ0v) is 24.2. The number of nitrogens with one attached hydrogen (secondary N) is 1. The van der Waals surface area contributed by atoms with Gasteiger partial charge in [-0.2, -0.15) is 5.10 Å². The summed E-state index contributed by atoms with van der Waals surface area (Å²) in [5, 5.41) is 7.55. The van der Waals surface area contributed by atoms with Crippen LogP contribution in [0, 0.1) is 6.92 Å². The summed E-state index contributed by atoms with van der Waals surface area (Å²) in [5.41, 5.74) is 5.00. The molecule has 3 aliphatic rings. The summed E-state index contributed by atoms with van der Waals surface area (Å²) in [5.74, 6) is 0.0106. The molecule has 10 heteroatoms. The van der Waals surface area contributed by atoms with Crippen molar-refractivity contribution in [2.75, 3.05) is 64.3 Å². The molecule has 0 saturated carbocycles. The van der Waals surface area contributed by atoms with Gasteiger partial charge in [0, 0.05) is 89.3 Å². The van der Waals surface area contributed by atoms with E-state index < -0.39 is 0 Å². The van der Waals surface area contributed by atoms with Crippen LogP contribution in [0.25, 0.3) is 0 Å². The van der Waals surface area contributed by atoms with Crippen molar-refractivity contribution in [3.05, 3.63) is 46.8 Å². The van der Waals surface area contributed by atoms with Gasteiger partial charge in [0.05, 0.1) is 6.54 Å². The third-order valence-electron chi connectivity index (χ3n) is 8.74. The highest BCUT2D eigenvalue weighted by Gasteiger charge is 2.32. The van der Waals surface area contributed by atoms with E-state index in [0.29, 0.717) is 57.6 Å². The first-order chi connectivity index (χ1) is 19.3. The van der Waals surface area contributed by atoms with E-state index in [0.717, 1.165) is 50.3 Å². The van der Waals surface area contributed by atoms with Crippen LogP contribution in [0.4, 0.5) is 5.69 Å². The van der Waals surface area contributed by atoms with Crippen LogP contribution in [-0.2, 0) is 29.5 Å². The minimum absolute atomic E-state index is 0.0529. The molecule has 5 rings (SSSR count). The van der Waals surface area contributed by atoms with E-state index in [9.17, 15) is 14.4 Å². The van der Waals surface area contributed by atoms with E-state index in [1.165, 1.54) is 11.3 Å². The molecular weight excluding hydrogens is 506 g/mol. The van der Waals surface area contributed by atoms with Gasteiger partial charge in [-0.25, -0.2) is 0 Å². The lowest BCUT2D eigenvalue weighted by Gasteiger charge is -2.37. The highest BCUT2D eigenvalue weighted by Crippen LogP contribution is 2.27. The van der Waals surface area contributed by atoms with Gasteiger partial charge in [-0.3, -0.25) is 24.0 Å². The maximum Gasteiger partial charge on any atom is 0.272 e. The number of carbonyl (C=O) groups excluding carboxylic acids is 3. The van der Waals surface area contributed by atoms with E-state index in [1.807, 2.05) is 28.6 Å². The molecule has 1 atom stereocenters. The molecule has 2 aliphatic heterocycles. The molecule has 216 valence electrons. The monoisotopic (exact) mass is 549 g/mol. The van der Waals surface area contributed by atoms with Gasteiger partial charge < -0.3 is 20.0 Å². The molecule has 1 unspecified atom stereocenters. The van der Waals surface area contributed by atoms with Gasteiger partial charge in [0.25, 0.3) is 5.91 Å². The number of fused-ring (bicyclic) bond motifs is 1. The van der Waals surface area contributed by atoms with Crippen LogP contribution in [-0.4, -0.2) is 108 Å². The fraction of sp³-hybridized carbons (Fsp3) is 0.600. The van der Waals surface area contributed by atoms with Crippen LogP contribution in [0.15, 0.2) is 24.3 Å². The molecule has 1 aromatic carbocycles. The fourth-order valence-corrected chi connectivity index (χ4v) is 6.28. The van der Waals surface area contributed by atoms with Crippen molar-refractivity contribution in [1.82, 2.24) is 29.8 Å². The minimum atomic E-state index is -0.175. The third kappa shape index (κ3) is 6.32. The Bertz CT molecular complexity index is 1230. The number of aryl methyl sites for hydroxylation is 2. The first-order valence-corrected chi connectivity index (χ1v) is 14.7. The Morgan fingerprint density at radius 1 is 1.02 bits per heavy atom. The molecule has 0 radical (unpaired) electrons. The predicted molar refractivity (Wildman–Crippen MR) is 154 cm³/mol. The lowest BCUT2D eigenvalue weighted by Crippen LogP contribution is -2.50. The number of benzene rings is 1. The Labute approximate surface area is 237 Å². The third-order valence-corrected chi connectivity index (χ3v) is 8.74. The molecule has 3 heterocycles. The number of amides is 3. The van der Waals surface area contributed by atoms with Crippen LogP contribution in [0.2, 0.25) is 0 Å². The number of nitrogens with zero attached hydrogens (tertiary/aromatic N) is 6. The molecule has 0 spiro atoms. The van der Waals surface area contributed by atoms with Crippen molar-refractivity contribution in [2.45, 2.75) is 51.5 Å². The van der Waals surface area contributed by atoms with Gasteiger partial charge in [-0.15, -0.1) is 0 Å². The number of piperazine rings is 1. The van der Waals surface area contributed by atoms with Crippen molar-refractivity contribution >= 4 is 23.4 Å². The fourth-order valence-electron chi connectivity index (χ4n) is 6.28. The zero-order valence-electron chi connectivity index (χ0n) is 24.2. The highest BCUT2D eigenvalue weighted by molar-refractivity contribution is 5.94. The summed E-state index contributed by atoms with van der Waals surface area (Å²) >= 11 is 0. The van der Waals surface area contributed by atoms with Gasteiger partial charge in [-0.1, -0.05) is 12.1 Å². The molecule has 2 aromatic rings. The number of anilines is 1. The standard InChI is InChI=1S/C30H43N7O3/c1-22-7-4-8-24(19-22)36-17-15-35(16-18-36)21-28(39)37-13-5-9-27(38)33(2)23-10-11-26-25(20-23)29(32-34(26)3)30(40)31-12-6-14-37/h4,7-8,19,23H,5-6,9-18,20-21H2,1-3H3,(H,31,40). The normalized spacial score (nSPS) is 21.6. The zero-order chi connectivity index (χ0) is 28.2. The van der Waals surface area contributed by atoms with Gasteiger partial charge in [0.15, 0.2) is 5.69 Å². The largest absolute Gasteiger partial charge is 0.369 e. The summed E-state index contributed by atoms with van der Waals surface area (Å²) < 4.78 is 1.81. The molecular formula is C30H43N7O3. The van der Waals surface area contributed by atoms with Crippen LogP contribution in [0.5, 0.6) is 0 Å². The van der Waals surface area contributed by atoms with E-state index in [4.69, 9.17) is 0 Å². The molecule has 2 bridgehead atoms. The maximum atomic E-state index is 13.4. The summed E-state index contributed by atoms with van der Waals surface area (Å²) in [7, 11) is 3.75. The van der Waals surface area contributed by atoms with E-state index in [2.05, 4.69) is 51.4 Å². The Balaban J connectivity index is 1.20. The van der Waals surface area contributed by atoms with Crippen LogP contribution < -0.4 is 10.2 Å². The Kier molecular flexibility index (Phi) is 8.73. The van der Waals surface area contributed by atoms with Gasteiger partial charge in [-0.05, 0) is 56.7 Å². The number of aromatic nitrogens is 2. The first-order valence-electron chi connectivity index (χ1n) is 14.7. The second kappa shape index (κ2) is 12.4. The Morgan fingerprint density at radius 3 is 2.58 bits per heavy atom. The summed E-state index contributed by atoms with van der Waals surface area (Å²) in [6.07, 6.45) is 4.02. The van der Waals surface area contributed by atoms with Crippen LogP contribution in [0.3, 0.4) is 0 Å². The lowest BCUT2D eigenvalue weighted by atomic mass is 9.90. The van der Waals surface area contributed by atoms with Crippen molar-refractivity contribution in [3.63, 3.8) is 0 Å². The maximum absolute atomic E-state index is 13.4. The second-order valence-corrected chi connectivity index (χ2v) is 11.5. The van der Waals surface area contributed by atoms with Gasteiger partial charge in [0.2, 0.25) is 11.8 Å². The van der Waals surface area contributed by atoms with Crippen molar-refractivity contribution in [2.24, 2.45) is 7.05 Å². The summed E-state index contributed by atoms with van der Waals surface area (Å²) in [4.78, 5) is 47.9. The lowest BCUT2D eigenvalue weighted by molar-refractivity contribution is -0.135. The van der Waals surface area contributed by atoms with Gasteiger partial charge in [0.1, 0.15) is 0 Å². The Morgan fingerprint density at radius 2 is 1.80 bits per heavy atom. The van der Waals surface area contributed by atoms with Crippen molar-refractivity contribution in [1.29, 1.82) is 0 Å². The molecule has 10 nitrogen and oxygen atoms in total. The average molecular weight is 550 g/mol. The SMILES string of the molecule is Cc1cccc(N2CCN(CC(=O)N3CCCNC(=O)c4nn(C)c5c4CC(CC5)N(C)C(=O)CCC3)CC2)c1.